The second-order valence-corrected chi connectivity index (χ2v) is 5.69. The Morgan fingerprint density at radius 2 is 2.27 bits per heavy atom. The first-order valence-corrected chi connectivity index (χ1v) is 6.15. The van der Waals surface area contributed by atoms with E-state index in [-0.39, 0.29) is 12.5 Å². The number of aldehydes is 1. The molecule has 0 aliphatic heterocycles. The van der Waals surface area contributed by atoms with Gasteiger partial charge in [0.05, 0.1) is 0 Å². The first kappa shape index (κ1) is 12.7. The summed E-state index contributed by atoms with van der Waals surface area (Å²) in [5.74, 6) is 0.731. The van der Waals surface area contributed by atoms with E-state index in [2.05, 4.69) is 13.8 Å². The van der Waals surface area contributed by atoms with Gasteiger partial charge >= 0.3 is 0 Å². The van der Waals surface area contributed by atoms with Crippen LogP contribution in [0.5, 0.6) is 0 Å². The van der Waals surface area contributed by atoms with Gasteiger partial charge in [-0.25, -0.2) is 0 Å². The van der Waals surface area contributed by atoms with Crippen molar-refractivity contribution in [3.63, 3.8) is 0 Å². The van der Waals surface area contributed by atoms with Crippen LogP contribution in [0.3, 0.4) is 0 Å². The van der Waals surface area contributed by atoms with Crippen LogP contribution in [0.25, 0.3) is 0 Å². The third-order valence-electron chi connectivity index (χ3n) is 3.72. The maximum atomic E-state index is 11.0. The second-order valence-electron chi connectivity index (χ2n) is 5.69. The molecule has 0 aromatic rings. The van der Waals surface area contributed by atoms with Gasteiger partial charge < -0.3 is 9.90 Å². The molecule has 0 aromatic heterocycles. The summed E-state index contributed by atoms with van der Waals surface area (Å²) < 4.78 is 0. The van der Waals surface area contributed by atoms with Gasteiger partial charge in [-0.05, 0) is 43.4 Å². The number of rotatable bonds is 5. The fourth-order valence-electron chi connectivity index (χ4n) is 2.86. The lowest BCUT2D eigenvalue weighted by Gasteiger charge is -2.37. The molecule has 1 aliphatic rings. The van der Waals surface area contributed by atoms with E-state index < -0.39 is 0 Å². The average Bonchev–Trinajstić information content (AvgIpc) is 2.17. The average molecular weight is 212 g/mol. The molecule has 0 amide bonds. The van der Waals surface area contributed by atoms with E-state index in [9.17, 15) is 4.79 Å². The van der Waals surface area contributed by atoms with Crippen LogP contribution in [0.1, 0.15) is 52.4 Å². The van der Waals surface area contributed by atoms with Crippen LogP contribution < -0.4 is 0 Å². The molecule has 2 heteroatoms. The summed E-state index contributed by atoms with van der Waals surface area (Å²) in [6.45, 7) is 4.81. The molecule has 0 heterocycles. The monoisotopic (exact) mass is 212 g/mol. The summed E-state index contributed by atoms with van der Waals surface area (Å²) in [4.78, 5) is 11.0. The van der Waals surface area contributed by atoms with Gasteiger partial charge in [0.25, 0.3) is 0 Å². The van der Waals surface area contributed by atoms with Crippen molar-refractivity contribution < 1.29 is 9.90 Å². The fourth-order valence-corrected chi connectivity index (χ4v) is 2.86. The minimum absolute atomic E-state index is 0.178. The van der Waals surface area contributed by atoms with E-state index >= 15 is 0 Å². The third kappa shape index (κ3) is 3.94. The van der Waals surface area contributed by atoms with Gasteiger partial charge in [-0.15, -0.1) is 0 Å². The highest BCUT2D eigenvalue weighted by Gasteiger charge is 2.32. The second kappa shape index (κ2) is 5.64. The molecular formula is C13H24O2. The number of aliphatic hydroxyl groups excluding tert-OH is 1. The van der Waals surface area contributed by atoms with Crippen molar-refractivity contribution >= 4 is 6.29 Å². The highest BCUT2D eigenvalue weighted by atomic mass is 16.2. The Morgan fingerprint density at radius 3 is 2.80 bits per heavy atom. The smallest absolute Gasteiger partial charge is 0.123 e. The van der Waals surface area contributed by atoms with Gasteiger partial charge in [-0.3, -0.25) is 0 Å². The Kier molecular flexibility index (Phi) is 4.78. The van der Waals surface area contributed by atoms with E-state index in [1.807, 2.05) is 0 Å². The molecule has 88 valence electrons. The standard InChI is InChI=1S/C13H24O2/c1-13(2)7-3-5-11(9-13)12(10-15)6-4-8-14/h10-12,14H,3-9H2,1-2H3. The molecule has 1 rings (SSSR count). The Balaban J connectivity index is 2.48. The quantitative estimate of drug-likeness (QED) is 0.711. The number of aliphatic hydroxyl groups is 1. The fraction of sp³-hybridized carbons (Fsp3) is 0.923. The summed E-state index contributed by atoms with van der Waals surface area (Å²) in [5, 5.41) is 8.80. The van der Waals surface area contributed by atoms with E-state index in [4.69, 9.17) is 5.11 Å². The van der Waals surface area contributed by atoms with Crippen molar-refractivity contribution in [1.82, 2.24) is 0 Å². The van der Waals surface area contributed by atoms with Gasteiger partial charge in [-0.1, -0.05) is 20.3 Å². The Bertz CT molecular complexity index is 199. The van der Waals surface area contributed by atoms with Crippen molar-refractivity contribution in [2.24, 2.45) is 17.3 Å². The normalized spacial score (nSPS) is 27.3. The topological polar surface area (TPSA) is 37.3 Å². The molecule has 15 heavy (non-hydrogen) atoms. The summed E-state index contributed by atoms with van der Waals surface area (Å²) in [6, 6.07) is 0. The first-order chi connectivity index (χ1) is 7.09. The predicted molar refractivity (Wildman–Crippen MR) is 61.6 cm³/mol. The molecule has 2 nitrogen and oxygen atoms in total. The van der Waals surface area contributed by atoms with Gasteiger partial charge in [0, 0.05) is 12.5 Å². The van der Waals surface area contributed by atoms with Gasteiger partial charge in [0.1, 0.15) is 6.29 Å². The maximum Gasteiger partial charge on any atom is 0.123 e. The zero-order chi connectivity index (χ0) is 11.3. The SMILES string of the molecule is CC1(C)CCCC(C(C=O)CCCO)C1. The zero-order valence-corrected chi connectivity index (χ0v) is 10.0. The number of hydrogen-bond acceptors (Lipinski definition) is 2. The van der Waals surface area contributed by atoms with Crippen LogP contribution in [0, 0.1) is 17.3 Å². The summed E-state index contributed by atoms with van der Waals surface area (Å²) in [5.41, 5.74) is 0.406. The molecule has 1 fully saturated rings. The molecule has 2 atom stereocenters. The van der Waals surface area contributed by atoms with Crippen LogP contribution in [0.15, 0.2) is 0 Å². The van der Waals surface area contributed by atoms with Crippen LogP contribution in [-0.4, -0.2) is 18.0 Å². The molecule has 1 N–H and O–H groups in total. The van der Waals surface area contributed by atoms with Gasteiger partial charge in [-0.2, -0.15) is 0 Å². The molecule has 0 saturated heterocycles. The summed E-state index contributed by atoms with van der Waals surface area (Å²) in [6.07, 6.45) is 7.64. The van der Waals surface area contributed by atoms with E-state index in [1.54, 1.807) is 0 Å². The lowest BCUT2D eigenvalue weighted by Crippen LogP contribution is -2.28. The van der Waals surface area contributed by atoms with Crippen molar-refractivity contribution in [3.05, 3.63) is 0 Å². The maximum absolute atomic E-state index is 11.0. The van der Waals surface area contributed by atoms with Crippen molar-refractivity contribution in [2.45, 2.75) is 52.4 Å². The Hall–Kier alpha value is -0.370. The largest absolute Gasteiger partial charge is 0.396 e. The number of carbonyl (C=O) groups is 1. The molecular weight excluding hydrogens is 188 g/mol. The molecule has 2 unspecified atom stereocenters. The van der Waals surface area contributed by atoms with Crippen molar-refractivity contribution in [3.8, 4) is 0 Å². The minimum Gasteiger partial charge on any atom is -0.396 e. The molecule has 0 spiro atoms. The molecule has 0 bridgehead atoms. The van der Waals surface area contributed by atoms with Crippen LogP contribution >= 0.6 is 0 Å². The third-order valence-corrected chi connectivity index (χ3v) is 3.72. The zero-order valence-electron chi connectivity index (χ0n) is 10.0. The number of carbonyl (C=O) groups excluding carboxylic acids is 1. The molecule has 0 radical (unpaired) electrons. The van der Waals surface area contributed by atoms with Crippen molar-refractivity contribution in [2.75, 3.05) is 6.61 Å². The number of hydrogen-bond donors (Lipinski definition) is 1. The van der Waals surface area contributed by atoms with E-state index in [1.165, 1.54) is 25.7 Å². The molecule has 0 aromatic carbocycles. The van der Waals surface area contributed by atoms with Crippen LogP contribution in [-0.2, 0) is 4.79 Å². The van der Waals surface area contributed by atoms with E-state index in [0.29, 0.717) is 11.3 Å². The molecule has 1 saturated carbocycles. The molecule has 1 aliphatic carbocycles. The predicted octanol–water partition coefficient (Wildman–Crippen LogP) is 2.79. The Labute approximate surface area is 93.1 Å². The highest BCUT2D eigenvalue weighted by molar-refractivity contribution is 5.54. The van der Waals surface area contributed by atoms with Crippen LogP contribution in [0.4, 0.5) is 0 Å². The van der Waals surface area contributed by atoms with Gasteiger partial charge in [0.15, 0.2) is 0 Å². The van der Waals surface area contributed by atoms with Gasteiger partial charge in [0.2, 0.25) is 0 Å². The summed E-state index contributed by atoms with van der Waals surface area (Å²) in [7, 11) is 0. The Morgan fingerprint density at radius 1 is 1.53 bits per heavy atom. The van der Waals surface area contributed by atoms with E-state index in [0.717, 1.165) is 19.1 Å². The lowest BCUT2D eigenvalue weighted by molar-refractivity contribution is -0.113. The lowest BCUT2D eigenvalue weighted by atomic mass is 9.68. The summed E-state index contributed by atoms with van der Waals surface area (Å²) >= 11 is 0. The van der Waals surface area contributed by atoms with Crippen LogP contribution in [0.2, 0.25) is 0 Å². The first-order valence-electron chi connectivity index (χ1n) is 6.15. The highest BCUT2D eigenvalue weighted by Crippen LogP contribution is 2.42. The van der Waals surface area contributed by atoms with Crippen molar-refractivity contribution in [1.29, 1.82) is 0 Å². The minimum atomic E-state index is 0.178.